The summed E-state index contributed by atoms with van der Waals surface area (Å²) in [6.07, 6.45) is 1.80. The third kappa shape index (κ3) is 2.98. The summed E-state index contributed by atoms with van der Waals surface area (Å²) in [5.41, 5.74) is 2.90. The summed E-state index contributed by atoms with van der Waals surface area (Å²) in [5.74, 6) is -0.237. The van der Waals surface area contributed by atoms with Crippen molar-refractivity contribution in [1.29, 1.82) is 0 Å². The van der Waals surface area contributed by atoms with Crippen molar-refractivity contribution in [2.45, 2.75) is 6.54 Å². The van der Waals surface area contributed by atoms with Crippen molar-refractivity contribution in [1.82, 2.24) is 14.6 Å². The number of anilines is 1. The van der Waals surface area contributed by atoms with Crippen LogP contribution >= 0.6 is 22.9 Å². The molecular weight excluding hydrogens is 347 g/mol. The van der Waals surface area contributed by atoms with E-state index < -0.39 is 0 Å². The molecule has 0 bridgehead atoms. The number of rotatable bonds is 4. The highest BCUT2D eigenvalue weighted by Gasteiger charge is 2.11. The standard InChI is InChI=1S/C17H12ClFN4S/c18-13-5-3-12(4-6-13)15-10-21-17-23(15)22-16(24-17)20-9-11-1-7-14(19)8-2-11/h1-8,10H,9H2,(H,20,22). The Hall–Kier alpha value is -2.44. The smallest absolute Gasteiger partial charge is 0.214 e. The average Bonchev–Trinajstić information content (AvgIpc) is 3.15. The molecule has 0 saturated carbocycles. The zero-order valence-electron chi connectivity index (χ0n) is 12.4. The van der Waals surface area contributed by atoms with Gasteiger partial charge in [-0.3, -0.25) is 0 Å². The molecule has 24 heavy (non-hydrogen) atoms. The fraction of sp³-hybridized carbons (Fsp3) is 0.0588. The first-order chi connectivity index (χ1) is 11.7. The molecule has 0 atom stereocenters. The van der Waals surface area contributed by atoms with Crippen LogP contribution in [-0.2, 0) is 6.54 Å². The Morgan fingerprint density at radius 2 is 1.83 bits per heavy atom. The van der Waals surface area contributed by atoms with E-state index in [-0.39, 0.29) is 5.82 Å². The molecular formula is C17H12ClFN4S. The molecule has 0 aliphatic carbocycles. The molecule has 0 radical (unpaired) electrons. The molecule has 0 fully saturated rings. The fourth-order valence-electron chi connectivity index (χ4n) is 2.36. The van der Waals surface area contributed by atoms with Gasteiger partial charge in [-0.25, -0.2) is 13.9 Å². The van der Waals surface area contributed by atoms with E-state index in [4.69, 9.17) is 11.6 Å². The number of imidazole rings is 1. The van der Waals surface area contributed by atoms with Gasteiger partial charge in [-0.15, -0.1) is 5.10 Å². The zero-order chi connectivity index (χ0) is 16.5. The normalized spacial score (nSPS) is 11.1. The topological polar surface area (TPSA) is 42.2 Å². The predicted molar refractivity (Wildman–Crippen MR) is 95.0 cm³/mol. The van der Waals surface area contributed by atoms with Gasteiger partial charge >= 0.3 is 0 Å². The maximum Gasteiger partial charge on any atom is 0.214 e. The van der Waals surface area contributed by atoms with Crippen LogP contribution in [0.25, 0.3) is 16.2 Å². The Labute approximate surface area is 146 Å². The lowest BCUT2D eigenvalue weighted by Gasteiger charge is -2.02. The molecule has 1 N–H and O–H groups in total. The Morgan fingerprint density at radius 3 is 2.58 bits per heavy atom. The van der Waals surface area contributed by atoms with Crippen molar-refractivity contribution in [3.05, 3.63) is 71.1 Å². The van der Waals surface area contributed by atoms with E-state index >= 15 is 0 Å². The minimum absolute atomic E-state index is 0.237. The average molecular weight is 359 g/mol. The van der Waals surface area contributed by atoms with Gasteiger partial charge in [0.25, 0.3) is 0 Å². The van der Waals surface area contributed by atoms with E-state index in [1.807, 2.05) is 24.3 Å². The van der Waals surface area contributed by atoms with Gasteiger partial charge in [0, 0.05) is 17.1 Å². The second-order valence-electron chi connectivity index (χ2n) is 5.23. The number of aromatic nitrogens is 3. The Morgan fingerprint density at radius 1 is 1.08 bits per heavy atom. The first-order valence-corrected chi connectivity index (χ1v) is 8.47. The van der Waals surface area contributed by atoms with Crippen LogP contribution in [0.5, 0.6) is 0 Å². The van der Waals surface area contributed by atoms with Crippen LogP contribution in [0.4, 0.5) is 9.52 Å². The lowest BCUT2D eigenvalue weighted by Crippen LogP contribution is -2.00. The Kier molecular flexibility index (Phi) is 3.92. The number of benzene rings is 2. The van der Waals surface area contributed by atoms with Crippen LogP contribution in [0.1, 0.15) is 5.56 Å². The lowest BCUT2D eigenvalue weighted by molar-refractivity contribution is 0.627. The third-order valence-electron chi connectivity index (χ3n) is 3.58. The quantitative estimate of drug-likeness (QED) is 0.566. The SMILES string of the molecule is Fc1ccc(CNc2nn3c(-c4ccc(Cl)cc4)cnc3s2)cc1. The highest BCUT2D eigenvalue weighted by Crippen LogP contribution is 2.27. The van der Waals surface area contributed by atoms with Gasteiger partial charge in [0.1, 0.15) is 5.82 Å². The molecule has 0 saturated heterocycles. The monoisotopic (exact) mass is 358 g/mol. The molecule has 4 aromatic rings. The van der Waals surface area contributed by atoms with Gasteiger partial charge in [-0.05, 0) is 29.8 Å². The molecule has 120 valence electrons. The number of nitrogens with one attached hydrogen (secondary N) is 1. The van der Waals surface area contributed by atoms with Gasteiger partial charge in [0.15, 0.2) is 0 Å². The minimum atomic E-state index is -0.237. The highest BCUT2D eigenvalue weighted by molar-refractivity contribution is 7.20. The van der Waals surface area contributed by atoms with E-state index in [1.54, 1.807) is 22.8 Å². The van der Waals surface area contributed by atoms with Crippen LogP contribution in [0.15, 0.2) is 54.7 Å². The summed E-state index contributed by atoms with van der Waals surface area (Å²) in [5, 5.41) is 9.26. The van der Waals surface area contributed by atoms with Crippen molar-refractivity contribution in [3.8, 4) is 11.3 Å². The second kappa shape index (κ2) is 6.22. The van der Waals surface area contributed by atoms with Gasteiger partial charge < -0.3 is 5.32 Å². The fourth-order valence-corrected chi connectivity index (χ4v) is 3.26. The van der Waals surface area contributed by atoms with E-state index in [2.05, 4.69) is 15.4 Å². The number of fused-ring (bicyclic) bond motifs is 1. The molecule has 7 heteroatoms. The van der Waals surface area contributed by atoms with Gasteiger partial charge in [0.05, 0.1) is 11.9 Å². The number of hydrogen-bond acceptors (Lipinski definition) is 4. The highest BCUT2D eigenvalue weighted by atomic mass is 35.5. The van der Waals surface area contributed by atoms with Crippen molar-refractivity contribution < 1.29 is 4.39 Å². The molecule has 0 unspecified atom stereocenters. The summed E-state index contributed by atoms with van der Waals surface area (Å²) in [6, 6.07) is 14.0. The van der Waals surface area contributed by atoms with Crippen LogP contribution in [0.3, 0.4) is 0 Å². The molecule has 2 aromatic carbocycles. The molecule has 4 rings (SSSR count). The molecule has 0 amide bonds. The zero-order valence-corrected chi connectivity index (χ0v) is 14.0. The summed E-state index contributed by atoms with van der Waals surface area (Å²) in [4.78, 5) is 5.21. The Bertz CT molecular complexity index is 976. The minimum Gasteiger partial charge on any atom is -0.356 e. The maximum absolute atomic E-state index is 12.9. The summed E-state index contributed by atoms with van der Waals surface area (Å²) in [6.45, 7) is 0.577. The van der Waals surface area contributed by atoms with Crippen LogP contribution < -0.4 is 5.32 Å². The van der Waals surface area contributed by atoms with Crippen molar-refractivity contribution in [2.75, 3.05) is 5.32 Å². The summed E-state index contributed by atoms with van der Waals surface area (Å²) >= 11 is 7.40. The maximum atomic E-state index is 12.9. The summed E-state index contributed by atoms with van der Waals surface area (Å²) in [7, 11) is 0. The number of hydrogen-bond donors (Lipinski definition) is 1. The van der Waals surface area contributed by atoms with Crippen molar-refractivity contribution in [2.24, 2.45) is 0 Å². The van der Waals surface area contributed by atoms with Gasteiger partial charge in [-0.1, -0.05) is 47.2 Å². The van der Waals surface area contributed by atoms with E-state index in [0.717, 1.165) is 26.9 Å². The van der Waals surface area contributed by atoms with Crippen molar-refractivity contribution >= 4 is 33.0 Å². The predicted octanol–water partition coefficient (Wildman–Crippen LogP) is 4.86. The summed E-state index contributed by atoms with van der Waals surface area (Å²) < 4.78 is 14.7. The first kappa shape index (κ1) is 15.1. The molecule has 2 aromatic heterocycles. The van der Waals surface area contributed by atoms with E-state index in [9.17, 15) is 4.39 Å². The van der Waals surface area contributed by atoms with E-state index in [0.29, 0.717) is 11.6 Å². The number of nitrogens with zero attached hydrogens (tertiary/aromatic N) is 3. The molecule has 4 nitrogen and oxygen atoms in total. The number of halogens is 2. The van der Waals surface area contributed by atoms with Gasteiger partial charge in [0.2, 0.25) is 10.1 Å². The third-order valence-corrected chi connectivity index (χ3v) is 4.71. The molecule has 2 heterocycles. The van der Waals surface area contributed by atoms with Crippen LogP contribution in [0, 0.1) is 5.82 Å². The van der Waals surface area contributed by atoms with E-state index in [1.165, 1.54) is 23.5 Å². The van der Waals surface area contributed by atoms with Gasteiger partial charge in [-0.2, -0.15) is 0 Å². The lowest BCUT2D eigenvalue weighted by atomic mass is 10.2. The van der Waals surface area contributed by atoms with Crippen LogP contribution in [-0.4, -0.2) is 14.6 Å². The molecule has 0 spiro atoms. The Balaban J connectivity index is 1.57. The second-order valence-corrected chi connectivity index (χ2v) is 6.62. The first-order valence-electron chi connectivity index (χ1n) is 7.28. The van der Waals surface area contributed by atoms with Crippen molar-refractivity contribution in [3.63, 3.8) is 0 Å². The van der Waals surface area contributed by atoms with Crippen LogP contribution in [0.2, 0.25) is 5.02 Å². The largest absolute Gasteiger partial charge is 0.356 e. The molecule has 0 aliphatic heterocycles. The molecule has 0 aliphatic rings.